The highest BCUT2D eigenvalue weighted by Crippen LogP contribution is 2.26. The molecule has 2 aromatic rings. The number of amides is 1. The lowest BCUT2D eigenvalue weighted by Crippen LogP contribution is -2.37. The maximum absolute atomic E-state index is 12.4. The van der Waals surface area contributed by atoms with Crippen LogP contribution in [0.3, 0.4) is 0 Å². The van der Waals surface area contributed by atoms with Crippen LogP contribution in [0, 0.1) is 13.8 Å². The number of aryl methyl sites for hydroxylation is 3. The molecule has 114 valence electrons. The van der Waals surface area contributed by atoms with Crippen LogP contribution in [-0.2, 0) is 11.2 Å². The summed E-state index contributed by atoms with van der Waals surface area (Å²) >= 11 is 0. The molecule has 2 aromatic carbocycles. The van der Waals surface area contributed by atoms with Crippen molar-refractivity contribution in [2.45, 2.75) is 26.7 Å². The Balaban J connectivity index is 1.73. The molecule has 1 N–H and O–H groups in total. The lowest BCUT2D eigenvalue weighted by atomic mass is 10.0. The molecule has 0 radical (unpaired) electrons. The average molecular weight is 294 g/mol. The van der Waals surface area contributed by atoms with Crippen molar-refractivity contribution in [3.63, 3.8) is 0 Å². The van der Waals surface area contributed by atoms with E-state index in [0.717, 1.165) is 36.2 Å². The molecule has 3 rings (SSSR count). The third-order valence-corrected chi connectivity index (χ3v) is 4.29. The van der Waals surface area contributed by atoms with E-state index >= 15 is 0 Å². The van der Waals surface area contributed by atoms with Crippen LogP contribution in [0.4, 0.5) is 11.4 Å². The van der Waals surface area contributed by atoms with Gasteiger partial charge in [0.1, 0.15) is 0 Å². The Kier molecular flexibility index (Phi) is 4.14. The molecule has 0 atom stereocenters. The molecule has 3 nitrogen and oxygen atoms in total. The first kappa shape index (κ1) is 14.6. The Morgan fingerprint density at radius 1 is 1.09 bits per heavy atom. The molecule has 0 aliphatic carbocycles. The topological polar surface area (TPSA) is 32.3 Å². The molecule has 0 fully saturated rings. The molecule has 0 spiro atoms. The maximum Gasteiger partial charge on any atom is 0.243 e. The summed E-state index contributed by atoms with van der Waals surface area (Å²) in [7, 11) is 0. The Labute approximate surface area is 132 Å². The zero-order chi connectivity index (χ0) is 15.5. The van der Waals surface area contributed by atoms with Crippen LogP contribution in [0.15, 0.2) is 42.5 Å². The summed E-state index contributed by atoms with van der Waals surface area (Å²) in [6.45, 7) is 5.40. The fourth-order valence-corrected chi connectivity index (χ4v) is 3.14. The van der Waals surface area contributed by atoms with Crippen molar-refractivity contribution in [3.05, 3.63) is 59.2 Å². The Bertz CT molecular complexity index is 673. The number of fused-ring (bicyclic) bond motifs is 1. The highest BCUT2D eigenvalue weighted by molar-refractivity contribution is 5.95. The zero-order valence-corrected chi connectivity index (χ0v) is 13.2. The van der Waals surface area contributed by atoms with Crippen LogP contribution < -0.4 is 10.2 Å². The van der Waals surface area contributed by atoms with Crippen molar-refractivity contribution in [3.8, 4) is 0 Å². The highest BCUT2D eigenvalue weighted by atomic mass is 16.2. The number of nitrogens with one attached hydrogen (secondary N) is 1. The molecule has 1 amide bonds. The van der Waals surface area contributed by atoms with Crippen molar-refractivity contribution in [1.29, 1.82) is 0 Å². The molecule has 0 aromatic heterocycles. The number of nitrogens with zero attached hydrogens (tertiary/aromatic N) is 1. The van der Waals surface area contributed by atoms with Gasteiger partial charge in [0.05, 0.1) is 6.54 Å². The highest BCUT2D eigenvalue weighted by Gasteiger charge is 2.19. The van der Waals surface area contributed by atoms with E-state index in [9.17, 15) is 4.79 Å². The molecule has 1 heterocycles. The first-order valence-corrected chi connectivity index (χ1v) is 7.84. The average Bonchev–Trinajstić information content (AvgIpc) is 2.51. The van der Waals surface area contributed by atoms with E-state index in [4.69, 9.17) is 0 Å². The van der Waals surface area contributed by atoms with Crippen LogP contribution >= 0.6 is 0 Å². The molecule has 0 saturated heterocycles. The van der Waals surface area contributed by atoms with Gasteiger partial charge in [-0.1, -0.05) is 36.4 Å². The largest absolute Gasteiger partial charge is 0.362 e. The summed E-state index contributed by atoms with van der Waals surface area (Å²) in [5.41, 5.74) is 5.69. The van der Waals surface area contributed by atoms with Gasteiger partial charge >= 0.3 is 0 Å². The predicted molar refractivity (Wildman–Crippen MR) is 91.5 cm³/mol. The number of anilines is 2. The molecule has 0 unspecified atom stereocenters. The third kappa shape index (κ3) is 2.98. The second kappa shape index (κ2) is 6.22. The van der Waals surface area contributed by atoms with Gasteiger partial charge in [-0.2, -0.15) is 0 Å². The number of benzene rings is 2. The minimum atomic E-state index is 0.0501. The van der Waals surface area contributed by atoms with Crippen molar-refractivity contribution in [2.24, 2.45) is 0 Å². The zero-order valence-electron chi connectivity index (χ0n) is 13.2. The van der Waals surface area contributed by atoms with Gasteiger partial charge < -0.3 is 10.2 Å². The van der Waals surface area contributed by atoms with Gasteiger partial charge in [-0.05, 0) is 49.4 Å². The number of carbonyl (C=O) groups is 1. The van der Waals surface area contributed by atoms with Gasteiger partial charge in [0, 0.05) is 17.9 Å². The minimum Gasteiger partial charge on any atom is -0.362 e. The van der Waals surface area contributed by atoms with Crippen LogP contribution in [-0.4, -0.2) is 19.0 Å². The van der Waals surface area contributed by atoms with Crippen LogP contribution in [0.25, 0.3) is 0 Å². The second-order valence-corrected chi connectivity index (χ2v) is 5.97. The molecular formula is C19H22N2O. The van der Waals surface area contributed by atoms with E-state index in [2.05, 4.69) is 28.4 Å². The van der Waals surface area contributed by atoms with Crippen molar-refractivity contribution < 1.29 is 4.79 Å². The normalized spacial score (nSPS) is 13.6. The van der Waals surface area contributed by atoms with E-state index in [-0.39, 0.29) is 5.91 Å². The molecule has 1 aliphatic rings. The molecular weight excluding hydrogens is 272 g/mol. The number of carbonyl (C=O) groups excluding carboxylic acids is 1. The SMILES string of the molecule is Cc1cccc(C)c1NC(=O)CN1CCCc2ccccc21. The third-order valence-electron chi connectivity index (χ3n) is 4.29. The van der Waals surface area contributed by atoms with Crippen LogP contribution in [0.1, 0.15) is 23.1 Å². The van der Waals surface area contributed by atoms with Gasteiger partial charge in [0.25, 0.3) is 0 Å². The summed E-state index contributed by atoms with van der Waals surface area (Å²) in [4.78, 5) is 14.6. The summed E-state index contributed by atoms with van der Waals surface area (Å²) in [5.74, 6) is 0.0501. The molecule has 22 heavy (non-hydrogen) atoms. The fourth-order valence-electron chi connectivity index (χ4n) is 3.14. The number of rotatable bonds is 3. The number of hydrogen-bond acceptors (Lipinski definition) is 2. The van der Waals surface area contributed by atoms with Crippen LogP contribution in [0.5, 0.6) is 0 Å². The van der Waals surface area contributed by atoms with Gasteiger partial charge in [-0.3, -0.25) is 4.79 Å². The van der Waals surface area contributed by atoms with E-state index in [0.29, 0.717) is 6.54 Å². The Morgan fingerprint density at radius 2 is 1.82 bits per heavy atom. The van der Waals surface area contributed by atoms with Crippen molar-refractivity contribution in [1.82, 2.24) is 0 Å². The van der Waals surface area contributed by atoms with E-state index in [1.165, 1.54) is 11.3 Å². The van der Waals surface area contributed by atoms with Gasteiger partial charge in [-0.15, -0.1) is 0 Å². The minimum absolute atomic E-state index is 0.0501. The standard InChI is InChI=1S/C19H22N2O/c1-14-7-5-8-15(2)19(14)20-18(22)13-21-12-6-10-16-9-3-4-11-17(16)21/h3-5,7-9,11H,6,10,12-13H2,1-2H3,(H,20,22). The number of para-hydroxylation sites is 2. The van der Waals surface area contributed by atoms with Crippen molar-refractivity contribution in [2.75, 3.05) is 23.3 Å². The quantitative estimate of drug-likeness (QED) is 0.936. The van der Waals surface area contributed by atoms with Gasteiger partial charge in [0.15, 0.2) is 0 Å². The molecule has 0 saturated carbocycles. The van der Waals surface area contributed by atoms with Crippen LogP contribution in [0.2, 0.25) is 0 Å². The monoisotopic (exact) mass is 294 g/mol. The summed E-state index contributed by atoms with van der Waals surface area (Å²) in [6, 6.07) is 14.4. The first-order chi connectivity index (χ1) is 10.6. The van der Waals surface area contributed by atoms with E-state index in [1.807, 2.05) is 38.1 Å². The number of hydrogen-bond donors (Lipinski definition) is 1. The maximum atomic E-state index is 12.4. The first-order valence-electron chi connectivity index (χ1n) is 7.84. The van der Waals surface area contributed by atoms with E-state index < -0.39 is 0 Å². The lowest BCUT2D eigenvalue weighted by molar-refractivity contribution is -0.115. The Morgan fingerprint density at radius 3 is 2.59 bits per heavy atom. The smallest absolute Gasteiger partial charge is 0.243 e. The molecule has 0 bridgehead atoms. The van der Waals surface area contributed by atoms with Gasteiger partial charge in [-0.25, -0.2) is 0 Å². The summed E-state index contributed by atoms with van der Waals surface area (Å²) in [6.07, 6.45) is 2.21. The predicted octanol–water partition coefficient (Wildman–Crippen LogP) is 3.69. The molecule has 1 aliphatic heterocycles. The second-order valence-electron chi connectivity index (χ2n) is 5.97. The lowest BCUT2D eigenvalue weighted by Gasteiger charge is -2.30. The summed E-state index contributed by atoms with van der Waals surface area (Å²) < 4.78 is 0. The van der Waals surface area contributed by atoms with Gasteiger partial charge in [0.2, 0.25) is 5.91 Å². The summed E-state index contributed by atoms with van der Waals surface area (Å²) in [5, 5.41) is 3.08. The fraction of sp³-hybridized carbons (Fsp3) is 0.316. The Hall–Kier alpha value is -2.29. The van der Waals surface area contributed by atoms with Crippen molar-refractivity contribution >= 4 is 17.3 Å². The van der Waals surface area contributed by atoms with E-state index in [1.54, 1.807) is 0 Å². The molecule has 3 heteroatoms.